The SMILES string of the molecule is COc1ccc(C)cc1S(=O)(=O)Nc1cc(-c2ccc(N)nc2)c2occc2c1. The van der Waals surface area contributed by atoms with Gasteiger partial charge in [0.15, 0.2) is 0 Å². The van der Waals surface area contributed by atoms with Crippen molar-refractivity contribution in [2.45, 2.75) is 11.8 Å². The van der Waals surface area contributed by atoms with Crippen LogP contribution in [0.15, 0.2) is 70.3 Å². The summed E-state index contributed by atoms with van der Waals surface area (Å²) in [7, 11) is -2.44. The van der Waals surface area contributed by atoms with Crippen LogP contribution in [0.5, 0.6) is 5.75 Å². The first-order valence-electron chi connectivity index (χ1n) is 8.78. The highest BCUT2D eigenvalue weighted by Crippen LogP contribution is 2.34. The summed E-state index contributed by atoms with van der Waals surface area (Å²) < 4.78 is 39.6. The second-order valence-electron chi connectivity index (χ2n) is 6.59. The van der Waals surface area contributed by atoms with Crippen molar-refractivity contribution in [1.29, 1.82) is 0 Å². The van der Waals surface area contributed by atoms with E-state index in [2.05, 4.69) is 9.71 Å². The van der Waals surface area contributed by atoms with Gasteiger partial charge in [-0.2, -0.15) is 0 Å². The Morgan fingerprint density at radius 3 is 2.66 bits per heavy atom. The number of hydrogen-bond donors (Lipinski definition) is 2. The van der Waals surface area contributed by atoms with E-state index in [-0.39, 0.29) is 10.6 Å². The van der Waals surface area contributed by atoms with E-state index in [9.17, 15) is 8.42 Å². The molecule has 0 spiro atoms. The van der Waals surface area contributed by atoms with E-state index >= 15 is 0 Å². The number of rotatable bonds is 5. The maximum Gasteiger partial charge on any atom is 0.265 e. The smallest absolute Gasteiger partial charge is 0.265 e. The van der Waals surface area contributed by atoms with Crippen molar-refractivity contribution in [2.24, 2.45) is 0 Å². The summed E-state index contributed by atoms with van der Waals surface area (Å²) in [5.74, 6) is 0.670. The number of ether oxygens (including phenoxy) is 1. The molecule has 0 radical (unpaired) electrons. The molecule has 148 valence electrons. The lowest BCUT2D eigenvalue weighted by Crippen LogP contribution is -2.14. The highest BCUT2D eigenvalue weighted by Gasteiger charge is 2.21. The summed E-state index contributed by atoms with van der Waals surface area (Å²) in [4.78, 5) is 4.18. The molecule has 8 heteroatoms. The lowest BCUT2D eigenvalue weighted by Gasteiger charge is -2.13. The molecule has 0 aliphatic rings. The summed E-state index contributed by atoms with van der Waals surface area (Å²) in [5.41, 5.74) is 8.98. The van der Waals surface area contributed by atoms with Crippen LogP contribution >= 0.6 is 0 Å². The third kappa shape index (κ3) is 3.62. The first kappa shape index (κ1) is 18.8. The van der Waals surface area contributed by atoms with E-state index in [1.807, 2.05) is 13.0 Å². The maximum absolute atomic E-state index is 13.1. The van der Waals surface area contributed by atoms with Gasteiger partial charge in [0.05, 0.1) is 19.1 Å². The van der Waals surface area contributed by atoms with Gasteiger partial charge < -0.3 is 14.9 Å². The molecular weight excluding hydrogens is 390 g/mol. The molecule has 0 aliphatic heterocycles. The van der Waals surface area contributed by atoms with Crippen LogP contribution in [0.4, 0.5) is 11.5 Å². The van der Waals surface area contributed by atoms with Crippen molar-refractivity contribution in [2.75, 3.05) is 17.6 Å². The largest absolute Gasteiger partial charge is 0.495 e. The molecular formula is C21H19N3O4S. The highest BCUT2D eigenvalue weighted by molar-refractivity contribution is 7.92. The Bertz CT molecular complexity index is 1300. The fourth-order valence-corrected chi connectivity index (χ4v) is 4.42. The highest BCUT2D eigenvalue weighted by atomic mass is 32.2. The van der Waals surface area contributed by atoms with Crippen LogP contribution in [0.3, 0.4) is 0 Å². The normalized spacial score (nSPS) is 11.5. The molecule has 2 heterocycles. The number of nitrogens with one attached hydrogen (secondary N) is 1. The molecule has 0 saturated heterocycles. The number of nitrogens with two attached hydrogens (primary N) is 1. The molecule has 4 aromatic rings. The van der Waals surface area contributed by atoms with Gasteiger partial charge in [-0.15, -0.1) is 0 Å². The molecule has 0 amide bonds. The van der Waals surface area contributed by atoms with Gasteiger partial charge in [0.2, 0.25) is 0 Å². The number of pyridine rings is 1. The predicted octanol–water partition coefficient (Wildman–Crippen LogP) is 4.19. The van der Waals surface area contributed by atoms with E-state index in [4.69, 9.17) is 14.9 Å². The fourth-order valence-electron chi connectivity index (χ4n) is 3.12. The first-order valence-corrected chi connectivity index (χ1v) is 10.3. The van der Waals surface area contributed by atoms with Gasteiger partial charge in [-0.3, -0.25) is 4.72 Å². The molecule has 29 heavy (non-hydrogen) atoms. The number of methoxy groups -OCH3 is 1. The number of nitrogen functional groups attached to an aromatic ring is 1. The number of hydrogen-bond acceptors (Lipinski definition) is 6. The molecule has 3 N–H and O–H groups in total. The molecule has 0 bridgehead atoms. The Hall–Kier alpha value is -3.52. The van der Waals surface area contributed by atoms with Crippen LogP contribution < -0.4 is 15.2 Å². The van der Waals surface area contributed by atoms with Crippen LogP contribution in [0.2, 0.25) is 0 Å². The molecule has 7 nitrogen and oxygen atoms in total. The number of nitrogens with zero attached hydrogens (tertiary/aromatic N) is 1. The van der Waals surface area contributed by atoms with Crippen LogP contribution in [0, 0.1) is 6.92 Å². The van der Waals surface area contributed by atoms with Crippen molar-refractivity contribution >= 4 is 32.5 Å². The average molecular weight is 409 g/mol. The van der Waals surface area contributed by atoms with Gasteiger partial charge in [-0.25, -0.2) is 13.4 Å². The van der Waals surface area contributed by atoms with E-state index in [0.29, 0.717) is 22.7 Å². The lowest BCUT2D eigenvalue weighted by atomic mass is 10.0. The molecule has 0 unspecified atom stereocenters. The van der Waals surface area contributed by atoms with Crippen molar-refractivity contribution in [3.63, 3.8) is 0 Å². The minimum absolute atomic E-state index is 0.0722. The van der Waals surface area contributed by atoms with Gasteiger partial charge in [0.25, 0.3) is 10.0 Å². The zero-order valence-electron chi connectivity index (χ0n) is 15.8. The topological polar surface area (TPSA) is 107 Å². The number of furan rings is 1. The molecule has 4 rings (SSSR count). The van der Waals surface area contributed by atoms with E-state index in [0.717, 1.165) is 16.5 Å². The fraction of sp³-hybridized carbons (Fsp3) is 0.0952. The van der Waals surface area contributed by atoms with Crippen LogP contribution in [-0.2, 0) is 10.0 Å². The average Bonchev–Trinajstić information content (AvgIpc) is 3.16. The molecule has 2 aromatic heterocycles. The quantitative estimate of drug-likeness (QED) is 0.512. The molecule has 0 aliphatic carbocycles. The van der Waals surface area contributed by atoms with Crippen LogP contribution in [-0.4, -0.2) is 20.5 Å². The summed E-state index contributed by atoms with van der Waals surface area (Å²) in [6.07, 6.45) is 3.18. The molecule has 0 fully saturated rings. The van der Waals surface area contributed by atoms with Gasteiger partial charge in [0, 0.05) is 22.7 Å². The summed E-state index contributed by atoms with van der Waals surface area (Å²) >= 11 is 0. The van der Waals surface area contributed by atoms with Gasteiger partial charge >= 0.3 is 0 Å². The third-order valence-electron chi connectivity index (χ3n) is 4.51. The van der Waals surface area contributed by atoms with Gasteiger partial charge in [0.1, 0.15) is 22.0 Å². The summed E-state index contributed by atoms with van der Waals surface area (Å²) in [6, 6.07) is 13.7. The summed E-state index contributed by atoms with van der Waals surface area (Å²) in [6.45, 7) is 1.82. The van der Waals surface area contributed by atoms with E-state index < -0.39 is 10.0 Å². The zero-order chi connectivity index (χ0) is 20.6. The summed E-state index contributed by atoms with van der Waals surface area (Å²) in [5, 5.41) is 0.758. The second kappa shape index (κ2) is 7.14. The first-order chi connectivity index (χ1) is 13.9. The van der Waals surface area contributed by atoms with E-state index in [1.165, 1.54) is 7.11 Å². The Labute approximate surface area is 168 Å². The minimum Gasteiger partial charge on any atom is -0.495 e. The van der Waals surface area contributed by atoms with Crippen LogP contribution in [0.1, 0.15) is 5.56 Å². The van der Waals surface area contributed by atoms with Crippen LogP contribution in [0.25, 0.3) is 22.1 Å². The number of sulfonamides is 1. The standard InChI is InChI=1S/C21H19N3O4S/c1-13-3-5-18(27-2)19(9-13)29(25,26)24-16-10-14-7-8-28-21(14)17(11-16)15-4-6-20(22)23-12-15/h3-12,24H,1-2H3,(H2,22,23). The van der Waals surface area contributed by atoms with E-state index in [1.54, 1.807) is 54.9 Å². The van der Waals surface area contributed by atoms with Gasteiger partial charge in [-0.1, -0.05) is 6.07 Å². The predicted molar refractivity (Wildman–Crippen MR) is 112 cm³/mol. The number of fused-ring (bicyclic) bond motifs is 1. The molecule has 2 aromatic carbocycles. The Balaban J connectivity index is 1.81. The Morgan fingerprint density at radius 2 is 1.93 bits per heavy atom. The third-order valence-corrected chi connectivity index (χ3v) is 5.91. The maximum atomic E-state index is 13.1. The second-order valence-corrected chi connectivity index (χ2v) is 8.25. The Kier molecular flexibility index (Phi) is 4.63. The van der Waals surface area contributed by atoms with Crippen molar-refractivity contribution in [3.8, 4) is 16.9 Å². The molecule has 0 atom stereocenters. The monoisotopic (exact) mass is 409 g/mol. The van der Waals surface area contributed by atoms with Crippen molar-refractivity contribution < 1.29 is 17.6 Å². The number of aromatic nitrogens is 1. The number of aryl methyl sites for hydroxylation is 1. The minimum atomic E-state index is -3.88. The Morgan fingerprint density at radius 1 is 1.10 bits per heavy atom. The zero-order valence-corrected chi connectivity index (χ0v) is 16.7. The molecule has 0 saturated carbocycles. The lowest BCUT2D eigenvalue weighted by molar-refractivity contribution is 0.402. The number of anilines is 2. The van der Waals surface area contributed by atoms with Crippen molar-refractivity contribution in [1.82, 2.24) is 4.98 Å². The van der Waals surface area contributed by atoms with Gasteiger partial charge in [-0.05, 0) is 55.0 Å². The van der Waals surface area contributed by atoms with Crippen molar-refractivity contribution in [3.05, 3.63) is 66.6 Å². The number of benzene rings is 2.